The number of aldehydes is 1. The summed E-state index contributed by atoms with van der Waals surface area (Å²) >= 11 is 0. The Bertz CT molecular complexity index is 651. The van der Waals surface area contributed by atoms with Gasteiger partial charge in [-0.2, -0.15) is 0 Å². The van der Waals surface area contributed by atoms with Gasteiger partial charge in [0.15, 0.2) is 12.0 Å². The lowest BCUT2D eigenvalue weighted by atomic mass is 10.2. The summed E-state index contributed by atoms with van der Waals surface area (Å²) in [6.07, 6.45) is 1.32. The molecule has 0 saturated heterocycles. The molecular formula is C13H12O4S. The van der Waals surface area contributed by atoms with Gasteiger partial charge in [0.2, 0.25) is 14.9 Å². The van der Waals surface area contributed by atoms with E-state index in [1.54, 1.807) is 12.1 Å². The number of rotatable bonds is 4. The van der Waals surface area contributed by atoms with Crippen molar-refractivity contribution >= 4 is 16.1 Å². The van der Waals surface area contributed by atoms with Gasteiger partial charge in [0, 0.05) is 0 Å². The summed E-state index contributed by atoms with van der Waals surface area (Å²) in [6, 6.07) is 9.22. The van der Waals surface area contributed by atoms with Crippen LogP contribution in [0.25, 0.3) is 0 Å². The Morgan fingerprint density at radius 3 is 2.28 bits per heavy atom. The van der Waals surface area contributed by atoms with Gasteiger partial charge in [-0.15, -0.1) is 0 Å². The number of aryl methyl sites for hydroxylation is 1. The highest BCUT2D eigenvalue weighted by Crippen LogP contribution is 2.22. The second kappa shape index (κ2) is 4.78. The maximum atomic E-state index is 12.2. The van der Waals surface area contributed by atoms with Crippen LogP contribution in [-0.4, -0.2) is 14.7 Å². The Labute approximate surface area is 105 Å². The molecule has 5 heteroatoms. The van der Waals surface area contributed by atoms with Crippen molar-refractivity contribution in [2.75, 3.05) is 0 Å². The Balaban J connectivity index is 2.43. The van der Waals surface area contributed by atoms with Crippen LogP contribution in [-0.2, 0) is 16.3 Å². The molecule has 0 aliphatic carbocycles. The van der Waals surface area contributed by atoms with Crippen LogP contribution >= 0.6 is 0 Å². The first-order valence-corrected chi connectivity index (χ1v) is 6.95. The average Bonchev–Trinajstić information content (AvgIpc) is 2.88. The monoisotopic (exact) mass is 264 g/mol. The number of carbonyl (C=O) groups excluding carboxylic acids is 1. The highest BCUT2D eigenvalue weighted by Gasteiger charge is 2.21. The van der Waals surface area contributed by atoms with E-state index in [0.29, 0.717) is 6.29 Å². The first kappa shape index (κ1) is 12.6. The summed E-state index contributed by atoms with van der Waals surface area (Å²) in [5.41, 5.74) is 1.06. The largest absolute Gasteiger partial charge is 0.442 e. The summed E-state index contributed by atoms with van der Waals surface area (Å²) < 4.78 is 29.3. The number of sulfone groups is 1. The molecule has 0 aliphatic rings. The zero-order chi connectivity index (χ0) is 13.2. The van der Waals surface area contributed by atoms with Gasteiger partial charge >= 0.3 is 0 Å². The van der Waals surface area contributed by atoms with Crippen molar-refractivity contribution in [3.8, 4) is 0 Å². The minimum Gasteiger partial charge on any atom is -0.442 e. The molecule has 2 rings (SSSR count). The summed E-state index contributed by atoms with van der Waals surface area (Å²) in [5, 5.41) is -0.214. The summed E-state index contributed by atoms with van der Waals surface area (Å²) in [7, 11) is -3.68. The van der Waals surface area contributed by atoms with Crippen LogP contribution in [0.4, 0.5) is 0 Å². The second-order valence-electron chi connectivity index (χ2n) is 3.78. The zero-order valence-corrected chi connectivity index (χ0v) is 10.6. The molecule has 0 spiro atoms. The van der Waals surface area contributed by atoms with E-state index in [1.165, 1.54) is 24.3 Å². The lowest BCUT2D eigenvalue weighted by Gasteiger charge is -2.02. The summed E-state index contributed by atoms with van der Waals surface area (Å²) in [6.45, 7) is 1.99. The van der Waals surface area contributed by atoms with Crippen molar-refractivity contribution in [1.82, 2.24) is 0 Å². The van der Waals surface area contributed by atoms with E-state index in [4.69, 9.17) is 4.42 Å². The molecule has 2 aromatic rings. The SMILES string of the molecule is CCc1ccc(S(=O)(=O)c2ccc(C=O)o2)cc1. The first-order chi connectivity index (χ1) is 8.57. The van der Waals surface area contributed by atoms with Gasteiger partial charge in [-0.05, 0) is 36.2 Å². The van der Waals surface area contributed by atoms with E-state index in [9.17, 15) is 13.2 Å². The van der Waals surface area contributed by atoms with Crippen LogP contribution in [0.3, 0.4) is 0 Å². The van der Waals surface area contributed by atoms with Gasteiger partial charge in [-0.25, -0.2) is 8.42 Å². The molecule has 0 radical (unpaired) electrons. The molecule has 4 nitrogen and oxygen atoms in total. The minimum absolute atomic E-state index is 0.00115. The van der Waals surface area contributed by atoms with Crippen molar-refractivity contribution in [1.29, 1.82) is 0 Å². The van der Waals surface area contributed by atoms with Crippen LogP contribution in [0.15, 0.2) is 50.8 Å². The van der Waals surface area contributed by atoms with Crippen LogP contribution in [0.5, 0.6) is 0 Å². The van der Waals surface area contributed by atoms with Crippen molar-refractivity contribution in [3.05, 3.63) is 47.7 Å². The highest BCUT2D eigenvalue weighted by molar-refractivity contribution is 7.91. The van der Waals surface area contributed by atoms with Crippen LogP contribution < -0.4 is 0 Å². The molecule has 1 heterocycles. The van der Waals surface area contributed by atoms with Crippen molar-refractivity contribution in [3.63, 3.8) is 0 Å². The van der Waals surface area contributed by atoms with E-state index in [0.717, 1.165) is 12.0 Å². The molecule has 0 saturated carbocycles. The fraction of sp³-hybridized carbons (Fsp3) is 0.154. The van der Waals surface area contributed by atoms with Crippen LogP contribution in [0.2, 0.25) is 0 Å². The maximum Gasteiger partial charge on any atom is 0.239 e. The van der Waals surface area contributed by atoms with Gasteiger partial charge < -0.3 is 4.42 Å². The molecule has 0 aliphatic heterocycles. The number of hydrogen-bond donors (Lipinski definition) is 0. The summed E-state index contributed by atoms with van der Waals surface area (Å²) in [4.78, 5) is 10.6. The van der Waals surface area contributed by atoms with Gasteiger partial charge in [0.1, 0.15) is 0 Å². The maximum absolute atomic E-state index is 12.2. The molecule has 18 heavy (non-hydrogen) atoms. The topological polar surface area (TPSA) is 64.3 Å². The van der Waals surface area contributed by atoms with Crippen LogP contribution in [0.1, 0.15) is 23.0 Å². The highest BCUT2D eigenvalue weighted by atomic mass is 32.2. The van der Waals surface area contributed by atoms with Gasteiger partial charge in [0.05, 0.1) is 4.90 Å². The molecule has 0 unspecified atom stereocenters. The van der Waals surface area contributed by atoms with Gasteiger partial charge in [0.25, 0.3) is 0 Å². The Kier molecular flexibility index (Phi) is 3.34. The van der Waals surface area contributed by atoms with Crippen molar-refractivity contribution in [2.24, 2.45) is 0 Å². The lowest BCUT2D eigenvalue weighted by Crippen LogP contribution is -2.00. The first-order valence-electron chi connectivity index (χ1n) is 5.47. The number of carbonyl (C=O) groups is 1. The van der Waals surface area contributed by atoms with E-state index in [2.05, 4.69) is 0 Å². The molecule has 0 fully saturated rings. The van der Waals surface area contributed by atoms with Gasteiger partial charge in [-0.1, -0.05) is 19.1 Å². The third kappa shape index (κ3) is 2.22. The van der Waals surface area contributed by atoms with Crippen molar-refractivity contribution in [2.45, 2.75) is 23.3 Å². The Morgan fingerprint density at radius 1 is 1.11 bits per heavy atom. The standard InChI is InChI=1S/C13H12O4S/c1-2-10-3-6-12(7-4-10)18(15,16)13-8-5-11(9-14)17-13/h3-9H,2H2,1H3. The molecule has 0 N–H and O–H groups in total. The minimum atomic E-state index is -3.68. The van der Waals surface area contributed by atoms with E-state index in [1.807, 2.05) is 6.92 Å². The quantitative estimate of drug-likeness (QED) is 0.796. The molecule has 0 bridgehead atoms. The lowest BCUT2D eigenvalue weighted by molar-refractivity contribution is 0.109. The summed E-state index contributed by atoms with van der Waals surface area (Å²) in [5.74, 6) is -0.00115. The molecule has 0 atom stereocenters. The third-order valence-electron chi connectivity index (χ3n) is 2.63. The van der Waals surface area contributed by atoms with E-state index >= 15 is 0 Å². The third-order valence-corrected chi connectivity index (χ3v) is 4.27. The Morgan fingerprint density at radius 2 is 1.78 bits per heavy atom. The smallest absolute Gasteiger partial charge is 0.239 e. The number of benzene rings is 1. The number of furan rings is 1. The predicted octanol–water partition coefficient (Wildman–Crippen LogP) is 2.49. The second-order valence-corrected chi connectivity index (χ2v) is 5.66. The van der Waals surface area contributed by atoms with E-state index < -0.39 is 9.84 Å². The fourth-order valence-corrected chi connectivity index (χ4v) is 2.74. The molecular weight excluding hydrogens is 252 g/mol. The molecule has 94 valence electrons. The van der Waals surface area contributed by atoms with E-state index in [-0.39, 0.29) is 15.7 Å². The number of hydrogen-bond acceptors (Lipinski definition) is 4. The average molecular weight is 264 g/mol. The molecule has 1 aromatic heterocycles. The van der Waals surface area contributed by atoms with Gasteiger partial charge in [-0.3, -0.25) is 4.79 Å². The van der Waals surface area contributed by atoms with Crippen molar-refractivity contribution < 1.29 is 17.6 Å². The fourth-order valence-electron chi connectivity index (χ4n) is 1.56. The normalized spacial score (nSPS) is 11.4. The molecule has 0 amide bonds. The Hall–Kier alpha value is -1.88. The van der Waals surface area contributed by atoms with Crippen LogP contribution in [0, 0.1) is 0 Å². The predicted molar refractivity (Wildman–Crippen MR) is 65.4 cm³/mol. The zero-order valence-electron chi connectivity index (χ0n) is 9.79. The molecule has 1 aromatic carbocycles.